The molecule has 2 saturated heterocycles. The van der Waals surface area contributed by atoms with E-state index in [9.17, 15) is 13.2 Å². The van der Waals surface area contributed by atoms with Gasteiger partial charge in [0.1, 0.15) is 5.56 Å². The van der Waals surface area contributed by atoms with Crippen molar-refractivity contribution in [2.45, 2.75) is 31.2 Å². The lowest BCUT2D eigenvalue weighted by Gasteiger charge is -2.28. The van der Waals surface area contributed by atoms with Gasteiger partial charge in [0.05, 0.1) is 37.1 Å². The first-order valence-electron chi connectivity index (χ1n) is 12.4. The summed E-state index contributed by atoms with van der Waals surface area (Å²) in [6.07, 6.45) is -0.975. The molecular formula is C25H29F3N6O2. The van der Waals surface area contributed by atoms with E-state index in [1.165, 1.54) is 0 Å². The topological polar surface area (TPSA) is 77.3 Å². The highest BCUT2D eigenvalue weighted by Crippen LogP contribution is 2.41. The minimum Gasteiger partial charge on any atom is -0.376 e. The number of nitrogens with zero attached hydrogens (tertiary/aromatic N) is 5. The Hall–Kier alpha value is -2.76. The number of nitrogens with one attached hydrogen (secondary N) is 1. The highest BCUT2D eigenvalue weighted by Gasteiger charge is 2.43. The molecule has 3 aromatic rings. The van der Waals surface area contributed by atoms with Crippen molar-refractivity contribution < 1.29 is 22.6 Å². The van der Waals surface area contributed by atoms with Gasteiger partial charge in [-0.1, -0.05) is 6.07 Å². The molecule has 1 aliphatic carbocycles. The molecule has 3 fully saturated rings. The van der Waals surface area contributed by atoms with E-state index in [1.807, 2.05) is 6.20 Å². The number of halogens is 3. The molecular weight excluding hydrogens is 473 g/mol. The summed E-state index contributed by atoms with van der Waals surface area (Å²) in [5, 5.41) is 16.4. The third kappa shape index (κ3) is 4.79. The number of fused-ring (bicyclic) bond motifs is 2. The number of aryl methyl sites for hydroxylation is 1. The maximum atomic E-state index is 14.0. The van der Waals surface area contributed by atoms with E-state index in [2.05, 4.69) is 25.5 Å². The summed E-state index contributed by atoms with van der Waals surface area (Å²) in [6, 6.07) is 6.33. The van der Waals surface area contributed by atoms with Gasteiger partial charge in [0.2, 0.25) is 0 Å². The summed E-state index contributed by atoms with van der Waals surface area (Å²) >= 11 is 0. The van der Waals surface area contributed by atoms with Crippen molar-refractivity contribution in [3.63, 3.8) is 0 Å². The zero-order chi connectivity index (χ0) is 24.9. The number of ether oxygens (including phenoxy) is 2. The second-order valence-electron chi connectivity index (χ2n) is 10.2. The second-order valence-corrected chi connectivity index (χ2v) is 10.2. The first kappa shape index (κ1) is 23.6. The van der Waals surface area contributed by atoms with Crippen molar-refractivity contribution in [3.8, 4) is 11.3 Å². The van der Waals surface area contributed by atoms with Crippen LogP contribution in [-0.4, -0.2) is 76.5 Å². The second kappa shape index (κ2) is 9.28. The van der Waals surface area contributed by atoms with Crippen LogP contribution in [0.15, 0.2) is 30.5 Å². The number of rotatable bonds is 5. The highest BCUT2D eigenvalue weighted by molar-refractivity contribution is 5.83. The number of benzene rings is 1. The van der Waals surface area contributed by atoms with Crippen LogP contribution in [0.4, 0.5) is 19.0 Å². The average Bonchev–Trinajstić information content (AvgIpc) is 3.50. The molecule has 192 valence electrons. The van der Waals surface area contributed by atoms with Gasteiger partial charge in [-0.3, -0.25) is 4.68 Å². The Balaban J connectivity index is 1.15. The molecule has 1 saturated carbocycles. The monoisotopic (exact) mass is 502 g/mol. The molecule has 4 atom stereocenters. The summed E-state index contributed by atoms with van der Waals surface area (Å²) in [6.45, 7) is 4.64. The van der Waals surface area contributed by atoms with Crippen molar-refractivity contribution in [2.75, 3.05) is 44.8 Å². The molecule has 3 aliphatic rings. The van der Waals surface area contributed by atoms with Crippen LogP contribution in [0.3, 0.4) is 0 Å². The molecule has 4 heterocycles. The quantitative estimate of drug-likeness (QED) is 0.572. The zero-order valence-electron chi connectivity index (χ0n) is 20.0. The Morgan fingerprint density at radius 1 is 1.08 bits per heavy atom. The molecule has 8 nitrogen and oxygen atoms in total. The zero-order valence-corrected chi connectivity index (χ0v) is 20.0. The van der Waals surface area contributed by atoms with Crippen LogP contribution >= 0.6 is 0 Å². The molecule has 0 amide bonds. The first-order valence-corrected chi connectivity index (χ1v) is 12.4. The van der Waals surface area contributed by atoms with Gasteiger partial charge in [0, 0.05) is 49.9 Å². The fraction of sp³-hybridized carbons (Fsp3) is 0.560. The first-order chi connectivity index (χ1) is 17.3. The molecule has 2 aromatic heterocycles. The van der Waals surface area contributed by atoms with Crippen molar-refractivity contribution in [2.24, 2.45) is 18.9 Å². The number of alkyl halides is 3. The van der Waals surface area contributed by atoms with Crippen molar-refractivity contribution >= 4 is 16.7 Å². The molecule has 11 heteroatoms. The third-order valence-electron chi connectivity index (χ3n) is 7.53. The standard InChI is InChI=1S/C25H29F3N6O2/c1-33-10-18-6-15(2-3-22(18)32-33)23-9-21(25(26,27)28)24(31-30-23)29-19-7-16-11-34(12-17(16)8-19)13-20-14-35-4-5-36-20/h2-3,6,9-10,16-17,19-20H,4-5,7-8,11-14H2,1H3,(H,29,31)/t16-,17+,19+,20?. The number of likely N-dealkylation sites (tertiary alicyclic amines) is 1. The van der Waals surface area contributed by atoms with Gasteiger partial charge >= 0.3 is 6.18 Å². The number of anilines is 1. The summed E-state index contributed by atoms with van der Waals surface area (Å²) in [5.74, 6) is 0.725. The number of hydrogen-bond acceptors (Lipinski definition) is 7. The maximum absolute atomic E-state index is 14.0. The highest BCUT2D eigenvalue weighted by atomic mass is 19.4. The van der Waals surface area contributed by atoms with E-state index >= 15 is 0 Å². The van der Waals surface area contributed by atoms with Crippen LogP contribution in [0.5, 0.6) is 0 Å². The molecule has 36 heavy (non-hydrogen) atoms. The van der Waals surface area contributed by atoms with Crippen LogP contribution in [0.1, 0.15) is 18.4 Å². The number of aromatic nitrogens is 4. The molecule has 1 aromatic carbocycles. The Morgan fingerprint density at radius 3 is 2.61 bits per heavy atom. The van der Waals surface area contributed by atoms with Crippen molar-refractivity contribution in [1.82, 2.24) is 24.9 Å². The number of hydrogen-bond donors (Lipinski definition) is 1. The van der Waals surface area contributed by atoms with E-state index in [0.717, 1.165) is 49.4 Å². The van der Waals surface area contributed by atoms with Crippen LogP contribution in [0.25, 0.3) is 22.2 Å². The Bertz CT molecular complexity index is 1230. The predicted molar refractivity (Wildman–Crippen MR) is 127 cm³/mol. The average molecular weight is 503 g/mol. The van der Waals surface area contributed by atoms with E-state index in [4.69, 9.17) is 9.47 Å². The molecule has 1 unspecified atom stereocenters. The minimum absolute atomic E-state index is 0.0515. The van der Waals surface area contributed by atoms with Crippen LogP contribution in [-0.2, 0) is 22.7 Å². The van der Waals surface area contributed by atoms with E-state index in [0.29, 0.717) is 37.2 Å². The smallest absolute Gasteiger partial charge is 0.376 e. The van der Waals surface area contributed by atoms with Crippen molar-refractivity contribution in [3.05, 3.63) is 36.0 Å². The summed E-state index contributed by atoms with van der Waals surface area (Å²) in [7, 11) is 1.80. The predicted octanol–water partition coefficient (Wildman–Crippen LogP) is 3.59. The summed E-state index contributed by atoms with van der Waals surface area (Å²) < 4.78 is 55.0. The van der Waals surface area contributed by atoms with Gasteiger partial charge in [-0.25, -0.2) is 0 Å². The SMILES string of the molecule is Cn1cc2cc(-c3cc(C(F)(F)F)c(N[C@H]4C[C@@H]5CN(CC6COCCO6)C[C@@H]5C4)nn3)ccc2n1. The third-order valence-corrected chi connectivity index (χ3v) is 7.53. The molecule has 2 aliphatic heterocycles. The van der Waals surface area contributed by atoms with Gasteiger partial charge < -0.3 is 19.7 Å². The maximum Gasteiger partial charge on any atom is 0.420 e. The van der Waals surface area contributed by atoms with E-state index in [1.54, 1.807) is 29.9 Å². The minimum atomic E-state index is -4.54. The lowest BCUT2D eigenvalue weighted by atomic mass is 10.0. The Labute approximate surface area is 206 Å². The summed E-state index contributed by atoms with van der Waals surface area (Å²) in [5.41, 5.74) is 0.745. The van der Waals surface area contributed by atoms with Gasteiger partial charge in [-0.2, -0.15) is 18.3 Å². The van der Waals surface area contributed by atoms with Gasteiger partial charge in [0.15, 0.2) is 5.82 Å². The molecule has 6 rings (SSSR count). The summed E-state index contributed by atoms with van der Waals surface area (Å²) in [4.78, 5) is 2.40. The van der Waals surface area contributed by atoms with Crippen LogP contribution in [0.2, 0.25) is 0 Å². The largest absolute Gasteiger partial charge is 0.420 e. The Morgan fingerprint density at radius 2 is 1.89 bits per heavy atom. The molecule has 0 spiro atoms. The van der Waals surface area contributed by atoms with E-state index < -0.39 is 11.7 Å². The molecule has 1 N–H and O–H groups in total. The van der Waals surface area contributed by atoms with Crippen LogP contribution in [0, 0.1) is 11.8 Å². The van der Waals surface area contributed by atoms with Crippen LogP contribution < -0.4 is 5.32 Å². The van der Waals surface area contributed by atoms with E-state index in [-0.39, 0.29) is 23.7 Å². The normalized spacial score (nSPS) is 27.0. The fourth-order valence-electron chi connectivity index (χ4n) is 5.95. The Kier molecular flexibility index (Phi) is 6.09. The van der Waals surface area contributed by atoms with Crippen molar-refractivity contribution in [1.29, 1.82) is 0 Å². The lowest BCUT2D eigenvalue weighted by Crippen LogP contribution is -2.39. The lowest BCUT2D eigenvalue weighted by molar-refractivity contribution is -0.137. The van der Waals surface area contributed by atoms with Gasteiger partial charge in [0.25, 0.3) is 0 Å². The molecule has 0 radical (unpaired) electrons. The van der Waals surface area contributed by atoms with Gasteiger partial charge in [-0.15, -0.1) is 10.2 Å². The fourth-order valence-corrected chi connectivity index (χ4v) is 5.95. The van der Waals surface area contributed by atoms with Gasteiger partial charge in [-0.05, 0) is 42.9 Å². The molecule has 0 bridgehead atoms.